The van der Waals surface area contributed by atoms with Crippen LogP contribution in [-0.2, 0) is 16.8 Å². The van der Waals surface area contributed by atoms with Crippen molar-refractivity contribution >= 4 is 33.5 Å². The van der Waals surface area contributed by atoms with E-state index in [1.807, 2.05) is 0 Å². The standard InChI is InChI=1S/C22H30N6O2S2/c1-27(2)32(29,30)25-11-18-16-4-3-5-17(18)14-28(13-16)12-15-6-7-20-19(10-15)26-21-22(31-20)24-9-8-23-21/h6-10,16-18,25H,3-5,11-14H2,1-2H3,(H,23,26). The van der Waals surface area contributed by atoms with Gasteiger partial charge in [0.15, 0.2) is 5.82 Å². The number of hydrogen-bond acceptors (Lipinski definition) is 7. The minimum Gasteiger partial charge on any atom is -0.337 e. The highest BCUT2D eigenvalue weighted by atomic mass is 32.2. The lowest BCUT2D eigenvalue weighted by molar-refractivity contribution is 0.0215. The lowest BCUT2D eigenvalue weighted by Crippen LogP contribution is -2.52. The molecule has 1 aromatic carbocycles. The lowest BCUT2D eigenvalue weighted by atomic mass is 9.69. The summed E-state index contributed by atoms with van der Waals surface area (Å²) in [7, 11) is -0.225. The zero-order valence-corrected chi connectivity index (χ0v) is 20.1. The van der Waals surface area contributed by atoms with Crippen LogP contribution in [0.1, 0.15) is 24.8 Å². The number of piperidine rings is 1. The number of anilines is 2. The summed E-state index contributed by atoms with van der Waals surface area (Å²) in [5, 5.41) is 4.33. The molecule has 2 aliphatic heterocycles. The third-order valence-corrected chi connectivity index (χ3v) is 9.46. The first kappa shape index (κ1) is 22.1. The molecule has 10 heteroatoms. The van der Waals surface area contributed by atoms with E-state index in [1.165, 1.54) is 34.0 Å². The number of rotatable bonds is 6. The van der Waals surface area contributed by atoms with Gasteiger partial charge in [-0.2, -0.15) is 12.7 Å². The molecule has 32 heavy (non-hydrogen) atoms. The maximum atomic E-state index is 12.2. The fraction of sp³-hybridized carbons (Fsp3) is 0.545. The molecular weight excluding hydrogens is 444 g/mol. The quantitative estimate of drug-likeness (QED) is 0.568. The number of hydrogen-bond donors (Lipinski definition) is 2. The first-order valence-electron chi connectivity index (χ1n) is 11.2. The zero-order valence-electron chi connectivity index (χ0n) is 18.5. The normalized spacial score (nSPS) is 25.2. The largest absolute Gasteiger partial charge is 0.337 e. The molecule has 2 unspecified atom stereocenters. The molecule has 2 atom stereocenters. The van der Waals surface area contributed by atoms with E-state index < -0.39 is 10.2 Å². The van der Waals surface area contributed by atoms with Gasteiger partial charge >= 0.3 is 0 Å². The van der Waals surface area contributed by atoms with Gasteiger partial charge < -0.3 is 5.32 Å². The molecule has 172 valence electrons. The van der Waals surface area contributed by atoms with Crippen LogP contribution in [0.4, 0.5) is 11.5 Å². The van der Waals surface area contributed by atoms with Gasteiger partial charge in [-0.1, -0.05) is 24.2 Å². The maximum absolute atomic E-state index is 12.2. The topological polar surface area (TPSA) is 90.5 Å². The monoisotopic (exact) mass is 474 g/mol. The van der Waals surface area contributed by atoms with Crippen LogP contribution in [0.2, 0.25) is 0 Å². The van der Waals surface area contributed by atoms with E-state index in [2.05, 4.69) is 43.1 Å². The summed E-state index contributed by atoms with van der Waals surface area (Å²) >= 11 is 1.65. The van der Waals surface area contributed by atoms with Crippen molar-refractivity contribution in [1.82, 2.24) is 23.9 Å². The van der Waals surface area contributed by atoms with E-state index >= 15 is 0 Å². The highest BCUT2D eigenvalue weighted by Crippen LogP contribution is 2.43. The van der Waals surface area contributed by atoms with Gasteiger partial charge in [-0.15, -0.1) is 0 Å². The molecule has 3 heterocycles. The van der Waals surface area contributed by atoms with Gasteiger partial charge in [0.25, 0.3) is 10.2 Å². The lowest BCUT2D eigenvalue weighted by Gasteiger charge is -2.47. The minimum absolute atomic E-state index is 0.423. The second-order valence-corrected chi connectivity index (χ2v) is 12.2. The van der Waals surface area contributed by atoms with Crippen LogP contribution < -0.4 is 10.0 Å². The van der Waals surface area contributed by atoms with Crippen molar-refractivity contribution in [3.63, 3.8) is 0 Å². The number of fused-ring (bicyclic) bond motifs is 4. The summed E-state index contributed by atoms with van der Waals surface area (Å²) in [6.07, 6.45) is 7.04. The first-order chi connectivity index (χ1) is 15.4. The summed E-state index contributed by atoms with van der Waals surface area (Å²) in [4.78, 5) is 12.5. The van der Waals surface area contributed by atoms with Gasteiger partial charge in [-0.25, -0.2) is 14.7 Å². The predicted molar refractivity (Wildman–Crippen MR) is 126 cm³/mol. The molecule has 1 aromatic heterocycles. The molecule has 0 radical (unpaired) electrons. The Morgan fingerprint density at radius 3 is 2.69 bits per heavy atom. The summed E-state index contributed by atoms with van der Waals surface area (Å²) in [6.45, 7) is 3.51. The van der Waals surface area contributed by atoms with Crippen molar-refractivity contribution in [2.45, 2.75) is 35.7 Å². The first-order valence-corrected chi connectivity index (χ1v) is 13.4. The summed E-state index contributed by atoms with van der Waals surface area (Å²) in [6, 6.07) is 6.61. The molecule has 5 rings (SSSR count). The average molecular weight is 475 g/mol. The van der Waals surface area contributed by atoms with Crippen LogP contribution in [0, 0.1) is 17.8 Å². The molecule has 2 N–H and O–H groups in total. The number of aromatic nitrogens is 2. The maximum Gasteiger partial charge on any atom is 0.278 e. The molecular formula is C22H30N6O2S2. The van der Waals surface area contributed by atoms with Crippen molar-refractivity contribution in [3.05, 3.63) is 36.2 Å². The van der Waals surface area contributed by atoms with Crippen molar-refractivity contribution < 1.29 is 8.42 Å². The van der Waals surface area contributed by atoms with Crippen molar-refractivity contribution in [2.24, 2.45) is 17.8 Å². The number of nitrogens with one attached hydrogen (secondary N) is 2. The van der Waals surface area contributed by atoms with Crippen LogP contribution in [0.25, 0.3) is 0 Å². The molecule has 8 nitrogen and oxygen atoms in total. The Hall–Kier alpha value is -1.72. The van der Waals surface area contributed by atoms with Crippen LogP contribution in [0.3, 0.4) is 0 Å². The zero-order chi connectivity index (χ0) is 22.3. The molecule has 1 saturated heterocycles. The van der Waals surface area contributed by atoms with Gasteiger partial charge in [0, 0.05) is 57.6 Å². The van der Waals surface area contributed by atoms with Crippen molar-refractivity contribution in [2.75, 3.05) is 39.0 Å². The highest BCUT2D eigenvalue weighted by Gasteiger charge is 2.39. The van der Waals surface area contributed by atoms with Gasteiger partial charge in [0.2, 0.25) is 0 Å². The van der Waals surface area contributed by atoms with Gasteiger partial charge in [-0.3, -0.25) is 4.90 Å². The molecule has 2 fully saturated rings. The van der Waals surface area contributed by atoms with E-state index in [4.69, 9.17) is 0 Å². The van der Waals surface area contributed by atoms with Crippen LogP contribution in [0.15, 0.2) is 40.5 Å². The Bertz CT molecular complexity index is 1080. The fourth-order valence-corrected chi connectivity index (χ4v) is 6.82. The molecule has 1 aliphatic carbocycles. The molecule has 0 amide bonds. The Morgan fingerprint density at radius 1 is 1.19 bits per heavy atom. The van der Waals surface area contributed by atoms with E-state index in [1.54, 1.807) is 38.3 Å². The number of likely N-dealkylation sites (tertiary alicyclic amines) is 1. The highest BCUT2D eigenvalue weighted by molar-refractivity contribution is 7.99. The van der Waals surface area contributed by atoms with E-state index in [0.29, 0.717) is 24.3 Å². The Labute approximate surface area is 194 Å². The predicted octanol–water partition coefficient (Wildman–Crippen LogP) is 2.93. The molecule has 2 aromatic rings. The molecule has 0 spiro atoms. The van der Waals surface area contributed by atoms with Crippen LogP contribution in [-0.4, -0.2) is 61.3 Å². The molecule has 2 bridgehead atoms. The number of nitrogens with zero attached hydrogens (tertiary/aromatic N) is 4. The molecule has 1 saturated carbocycles. The Balaban J connectivity index is 1.24. The van der Waals surface area contributed by atoms with E-state index in [9.17, 15) is 8.42 Å². The van der Waals surface area contributed by atoms with Crippen molar-refractivity contribution in [3.8, 4) is 0 Å². The smallest absolute Gasteiger partial charge is 0.278 e. The van der Waals surface area contributed by atoms with Gasteiger partial charge in [-0.05, 0) is 48.3 Å². The van der Waals surface area contributed by atoms with Gasteiger partial charge in [0.1, 0.15) is 5.03 Å². The third-order valence-electron chi connectivity index (χ3n) is 6.90. The minimum atomic E-state index is -3.37. The summed E-state index contributed by atoms with van der Waals surface area (Å²) in [5.41, 5.74) is 2.38. The fourth-order valence-electron chi connectivity index (χ4n) is 5.28. The number of benzene rings is 1. The summed E-state index contributed by atoms with van der Waals surface area (Å²) in [5.74, 6) is 2.32. The molecule has 3 aliphatic rings. The third kappa shape index (κ3) is 4.51. The Morgan fingerprint density at radius 2 is 1.94 bits per heavy atom. The van der Waals surface area contributed by atoms with E-state index in [-0.39, 0.29) is 0 Å². The summed E-state index contributed by atoms with van der Waals surface area (Å²) < 4.78 is 28.4. The van der Waals surface area contributed by atoms with E-state index in [0.717, 1.165) is 36.2 Å². The average Bonchev–Trinajstić information content (AvgIpc) is 2.76. The second-order valence-electron chi connectivity index (χ2n) is 9.21. The Kier molecular flexibility index (Phi) is 6.15. The van der Waals surface area contributed by atoms with Crippen LogP contribution in [0.5, 0.6) is 0 Å². The SMILES string of the molecule is CN(C)S(=O)(=O)NCC1C2CCCC1CN(Cc1ccc3c(c1)Nc1nccnc1S3)C2. The second kappa shape index (κ2) is 8.90. The van der Waals surface area contributed by atoms with Crippen LogP contribution >= 0.6 is 11.8 Å². The van der Waals surface area contributed by atoms with Gasteiger partial charge in [0.05, 0.1) is 5.69 Å². The van der Waals surface area contributed by atoms with Crippen molar-refractivity contribution in [1.29, 1.82) is 0 Å².